The average molecular weight is 453 g/mol. The molecule has 2 aromatic rings. The van der Waals surface area contributed by atoms with Gasteiger partial charge in [-0.05, 0) is 42.3 Å². The van der Waals surface area contributed by atoms with Crippen LogP contribution in [-0.2, 0) is 20.9 Å². The minimum Gasteiger partial charge on any atom is -0.497 e. The van der Waals surface area contributed by atoms with E-state index in [2.05, 4.69) is 5.32 Å². The second-order valence-corrected chi connectivity index (χ2v) is 9.10. The number of hydrogen-bond donors (Lipinski definition) is 1. The van der Waals surface area contributed by atoms with Gasteiger partial charge in [0, 0.05) is 11.6 Å². The van der Waals surface area contributed by atoms with Gasteiger partial charge in [0.2, 0.25) is 11.8 Å². The van der Waals surface area contributed by atoms with E-state index in [0.29, 0.717) is 18.1 Å². The zero-order chi connectivity index (χ0) is 22.5. The summed E-state index contributed by atoms with van der Waals surface area (Å²) < 4.78 is 11.5. The van der Waals surface area contributed by atoms with Gasteiger partial charge in [-0.15, -0.1) is 0 Å². The van der Waals surface area contributed by atoms with E-state index in [-0.39, 0.29) is 24.0 Å². The lowest BCUT2D eigenvalue weighted by Crippen LogP contribution is -2.44. The van der Waals surface area contributed by atoms with Crippen LogP contribution in [0.4, 0.5) is 0 Å². The quantitative estimate of drug-likeness (QED) is 0.681. The highest BCUT2D eigenvalue weighted by atomic mass is 35.5. The minimum atomic E-state index is -0.731. The molecule has 3 aliphatic rings. The van der Waals surface area contributed by atoms with Gasteiger partial charge < -0.3 is 19.7 Å². The molecule has 2 bridgehead atoms. The smallest absolute Gasteiger partial charge is 0.230 e. The molecular weight excluding hydrogens is 428 g/mol. The number of benzene rings is 2. The molecule has 0 radical (unpaired) electrons. The number of nitrogens with zero attached hydrogens (tertiary/aromatic N) is 1. The van der Waals surface area contributed by atoms with Crippen LogP contribution in [0.5, 0.6) is 5.75 Å². The van der Waals surface area contributed by atoms with Crippen molar-refractivity contribution in [2.75, 3.05) is 13.7 Å². The minimum absolute atomic E-state index is 0.0354. The molecule has 0 aliphatic carbocycles. The summed E-state index contributed by atoms with van der Waals surface area (Å²) in [5.74, 6) is -0.469. The molecule has 6 nitrogen and oxygen atoms in total. The monoisotopic (exact) mass is 452 g/mol. The average Bonchev–Trinajstić information content (AvgIpc) is 3.46. The lowest BCUT2D eigenvalue weighted by molar-refractivity contribution is -0.138. The fourth-order valence-electron chi connectivity index (χ4n) is 5.13. The number of rotatable bonds is 6. The molecule has 0 unspecified atom stereocenters. The van der Waals surface area contributed by atoms with Gasteiger partial charge in [0.1, 0.15) is 11.4 Å². The topological polar surface area (TPSA) is 67.9 Å². The Morgan fingerprint density at radius 2 is 1.97 bits per heavy atom. The molecule has 7 heteroatoms. The van der Waals surface area contributed by atoms with Gasteiger partial charge in [-0.2, -0.15) is 0 Å². The molecule has 5 atom stereocenters. The Hall–Kier alpha value is -2.83. The third-order valence-electron chi connectivity index (χ3n) is 6.88. The first kappa shape index (κ1) is 21.0. The molecule has 1 N–H and O–H groups in total. The number of halogens is 1. The zero-order valence-corrected chi connectivity index (χ0v) is 18.7. The maximum absolute atomic E-state index is 13.5. The highest BCUT2D eigenvalue weighted by Crippen LogP contribution is 2.53. The number of ether oxygens (including phenoxy) is 2. The van der Waals surface area contributed by atoms with Gasteiger partial charge in [0.15, 0.2) is 0 Å². The first-order valence-corrected chi connectivity index (χ1v) is 11.1. The SMILES string of the molecule is COc1ccc([C@H](C)N2C[C@@]34C=C[C@@H](O3)[C@H](C(=O)NCc3ccc(Cl)cc3)[C@H]4C2=O)cc1. The van der Waals surface area contributed by atoms with E-state index < -0.39 is 17.4 Å². The Labute approximate surface area is 192 Å². The molecule has 2 amide bonds. The lowest BCUT2D eigenvalue weighted by atomic mass is 9.77. The van der Waals surface area contributed by atoms with E-state index in [1.807, 2.05) is 60.4 Å². The largest absolute Gasteiger partial charge is 0.497 e. The second-order valence-electron chi connectivity index (χ2n) is 8.66. The molecule has 0 saturated carbocycles. The number of carbonyl (C=O) groups excluding carboxylic acids is 2. The third kappa shape index (κ3) is 3.38. The van der Waals surface area contributed by atoms with Crippen LogP contribution in [0.15, 0.2) is 60.7 Å². The fraction of sp³-hybridized carbons (Fsp3) is 0.360. The summed E-state index contributed by atoms with van der Waals surface area (Å²) in [6.07, 6.45) is 3.54. The van der Waals surface area contributed by atoms with Crippen molar-refractivity contribution >= 4 is 23.4 Å². The first-order chi connectivity index (χ1) is 15.4. The van der Waals surface area contributed by atoms with E-state index in [9.17, 15) is 9.59 Å². The van der Waals surface area contributed by atoms with E-state index in [4.69, 9.17) is 21.1 Å². The number of amides is 2. The van der Waals surface area contributed by atoms with Crippen molar-refractivity contribution in [3.05, 3.63) is 76.8 Å². The third-order valence-corrected chi connectivity index (χ3v) is 7.13. The van der Waals surface area contributed by atoms with Crippen molar-refractivity contribution in [3.63, 3.8) is 0 Å². The molecular formula is C25H25ClN2O4. The van der Waals surface area contributed by atoms with Crippen molar-refractivity contribution in [2.24, 2.45) is 11.8 Å². The molecule has 3 heterocycles. The zero-order valence-electron chi connectivity index (χ0n) is 18.0. The van der Waals surface area contributed by atoms with Crippen LogP contribution in [0.2, 0.25) is 5.02 Å². The predicted molar refractivity (Wildman–Crippen MR) is 120 cm³/mol. The lowest BCUT2D eigenvalue weighted by Gasteiger charge is -2.28. The summed E-state index contributed by atoms with van der Waals surface area (Å²) >= 11 is 5.94. The Morgan fingerprint density at radius 3 is 2.66 bits per heavy atom. The van der Waals surface area contributed by atoms with Gasteiger partial charge in [-0.25, -0.2) is 0 Å². The summed E-state index contributed by atoms with van der Waals surface area (Å²) in [6.45, 7) is 2.82. The van der Waals surface area contributed by atoms with Gasteiger partial charge in [0.05, 0.1) is 37.6 Å². The second kappa shape index (κ2) is 7.94. The normalized spacial score (nSPS) is 28.7. The Kier molecular flexibility index (Phi) is 5.22. The van der Waals surface area contributed by atoms with Crippen LogP contribution in [0.1, 0.15) is 24.1 Å². The van der Waals surface area contributed by atoms with Crippen molar-refractivity contribution in [2.45, 2.75) is 31.2 Å². The number of likely N-dealkylation sites (tertiary alicyclic amines) is 1. The van der Waals surface area contributed by atoms with Crippen LogP contribution in [0.25, 0.3) is 0 Å². The van der Waals surface area contributed by atoms with Gasteiger partial charge in [-0.1, -0.05) is 48.0 Å². The maximum atomic E-state index is 13.5. The van der Waals surface area contributed by atoms with Crippen molar-refractivity contribution in [3.8, 4) is 5.75 Å². The number of fused-ring (bicyclic) bond motifs is 1. The van der Waals surface area contributed by atoms with E-state index >= 15 is 0 Å². The molecule has 5 rings (SSSR count). The van der Waals surface area contributed by atoms with Crippen LogP contribution >= 0.6 is 11.6 Å². The summed E-state index contributed by atoms with van der Waals surface area (Å²) in [6, 6.07) is 14.9. The summed E-state index contributed by atoms with van der Waals surface area (Å²) in [5, 5.41) is 3.63. The standard InChI is InChI=1S/C25H25ClN2O4/c1-15(17-5-9-19(31-2)10-6-17)28-14-25-12-11-20(32-25)21(22(25)24(28)30)23(29)27-13-16-3-7-18(26)8-4-16/h3-12,15,20-22H,13-14H2,1-2H3,(H,27,29)/t15-,20+,21-,22-,25+/m0/s1. The highest BCUT2D eigenvalue weighted by Gasteiger charge is 2.67. The highest BCUT2D eigenvalue weighted by molar-refractivity contribution is 6.30. The van der Waals surface area contributed by atoms with Crippen LogP contribution in [-0.4, -0.2) is 42.1 Å². The van der Waals surface area contributed by atoms with Crippen molar-refractivity contribution < 1.29 is 19.1 Å². The number of methoxy groups -OCH3 is 1. The number of hydrogen-bond acceptors (Lipinski definition) is 4. The summed E-state index contributed by atoms with van der Waals surface area (Å²) in [5.41, 5.74) is 1.23. The Bertz CT molecular complexity index is 1070. The van der Waals surface area contributed by atoms with Crippen molar-refractivity contribution in [1.29, 1.82) is 0 Å². The molecule has 166 valence electrons. The maximum Gasteiger partial charge on any atom is 0.230 e. The Balaban J connectivity index is 1.33. The molecule has 3 aliphatic heterocycles. The summed E-state index contributed by atoms with van der Waals surface area (Å²) in [7, 11) is 1.63. The Morgan fingerprint density at radius 1 is 1.25 bits per heavy atom. The molecule has 32 heavy (non-hydrogen) atoms. The molecule has 1 spiro atoms. The predicted octanol–water partition coefficient (Wildman–Crippen LogP) is 3.51. The molecule has 2 aromatic carbocycles. The van der Waals surface area contributed by atoms with Gasteiger partial charge >= 0.3 is 0 Å². The molecule has 2 saturated heterocycles. The van der Waals surface area contributed by atoms with Gasteiger partial charge in [0.25, 0.3) is 0 Å². The van der Waals surface area contributed by atoms with E-state index in [0.717, 1.165) is 16.9 Å². The van der Waals surface area contributed by atoms with Crippen LogP contribution < -0.4 is 10.1 Å². The molecule has 2 fully saturated rings. The van der Waals surface area contributed by atoms with E-state index in [1.54, 1.807) is 19.2 Å². The number of carbonyl (C=O) groups is 2. The summed E-state index contributed by atoms with van der Waals surface area (Å²) in [4.78, 5) is 28.5. The fourth-order valence-corrected chi connectivity index (χ4v) is 5.25. The van der Waals surface area contributed by atoms with Gasteiger partial charge in [-0.3, -0.25) is 9.59 Å². The first-order valence-electron chi connectivity index (χ1n) is 10.8. The van der Waals surface area contributed by atoms with Crippen LogP contribution in [0.3, 0.4) is 0 Å². The molecule has 0 aromatic heterocycles. The number of nitrogens with one attached hydrogen (secondary N) is 1. The van der Waals surface area contributed by atoms with Crippen LogP contribution in [0, 0.1) is 11.8 Å². The van der Waals surface area contributed by atoms with E-state index in [1.165, 1.54) is 0 Å². The van der Waals surface area contributed by atoms with Crippen molar-refractivity contribution in [1.82, 2.24) is 10.2 Å².